The van der Waals surface area contributed by atoms with Crippen molar-refractivity contribution < 1.29 is 18.4 Å². The van der Waals surface area contributed by atoms with Crippen molar-refractivity contribution in [2.75, 3.05) is 38.1 Å². The molecule has 0 saturated carbocycles. The number of hydrogen-bond donors (Lipinski definition) is 0. The molecule has 1 fully saturated rings. The van der Waals surface area contributed by atoms with Gasteiger partial charge in [0.25, 0.3) is 5.69 Å². The molecule has 0 amide bonds. The van der Waals surface area contributed by atoms with Crippen molar-refractivity contribution >= 4 is 11.4 Å². The number of non-ortho nitro benzene ring substituents is 1. The molecular formula is C15H21F2N3O3. The van der Waals surface area contributed by atoms with Gasteiger partial charge in [-0.3, -0.25) is 15.0 Å². The highest BCUT2D eigenvalue weighted by Crippen LogP contribution is 2.27. The third-order valence-electron chi connectivity index (χ3n) is 3.84. The SMILES string of the molecule is C[C@@H]1CN(CCN(C)c2c(F)cc([N+](=O)[O-])cc2F)C[C@H](C)O1. The largest absolute Gasteiger partial charge is 0.373 e. The Balaban J connectivity index is 2.03. The Labute approximate surface area is 133 Å². The smallest absolute Gasteiger partial charge is 0.275 e. The highest BCUT2D eigenvalue weighted by Gasteiger charge is 2.24. The Hall–Kier alpha value is -1.80. The van der Waals surface area contributed by atoms with Crippen LogP contribution in [0.3, 0.4) is 0 Å². The van der Waals surface area contributed by atoms with Crippen LogP contribution < -0.4 is 4.90 Å². The first-order valence-corrected chi connectivity index (χ1v) is 7.50. The summed E-state index contributed by atoms with van der Waals surface area (Å²) in [6.07, 6.45) is 0.244. The van der Waals surface area contributed by atoms with E-state index in [0.29, 0.717) is 13.1 Å². The van der Waals surface area contributed by atoms with E-state index in [-0.39, 0.29) is 17.9 Å². The highest BCUT2D eigenvalue weighted by atomic mass is 19.1. The molecule has 0 aromatic heterocycles. The van der Waals surface area contributed by atoms with Gasteiger partial charge in [0.1, 0.15) is 5.69 Å². The van der Waals surface area contributed by atoms with Crippen molar-refractivity contribution in [3.8, 4) is 0 Å². The Kier molecular flexibility index (Phi) is 5.48. The Morgan fingerprint density at radius 3 is 2.30 bits per heavy atom. The fourth-order valence-electron chi connectivity index (χ4n) is 2.89. The van der Waals surface area contributed by atoms with E-state index in [1.54, 1.807) is 7.05 Å². The van der Waals surface area contributed by atoms with Gasteiger partial charge in [-0.1, -0.05) is 0 Å². The lowest BCUT2D eigenvalue weighted by Crippen LogP contribution is -2.47. The number of likely N-dealkylation sites (N-methyl/N-ethyl adjacent to an activating group) is 1. The standard InChI is InChI=1S/C15H21F2N3O3/c1-10-8-19(9-11(2)23-10)5-4-18(3)15-13(16)6-12(20(21)22)7-14(15)17/h6-7,10-11H,4-5,8-9H2,1-3H3/t10-,11+. The minimum Gasteiger partial charge on any atom is -0.373 e. The molecule has 1 saturated heterocycles. The molecule has 1 heterocycles. The number of nitrogens with zero attached hydrogens (tertiary/aromatic N) is 3. The predicted octanol–water partition coefficient (Wildman–Crippen LogP) is 2.42. The van der Waals surface area contributed by atoms with Gasteiger partial charge in [-0.15, -0.1) is 0 Å². The van der Waals surface area contributed by atoms with E-state index < -0.39 is 22.2 Å². The third kappa shape index (κ3) is 4.35. The molecule has 2 rings (SSSR count). The zero-order valence-corrected chi connectivity index (χ0v) is 13.5. The number of anilines is 1. The number of hydrogen-bond acceptors (Lipinski definition) is 5. The van der Waals surface area contributed by atoms with Crippen LogP contribution in [0.5, 0.6) is 0 Å². The summed E-state index contributed by atoms with van der Waals surface area (Å²) in [5.74, 6) is -1.86. The van der Waals surface area contributed by atoms with Crippen LogP contribution in [-0.4, -0.2) is 55.3 Å². The van der Waals surface area contributed by atoms with Crippen molar-refractivity contribution in [3.05, 3.63) is 33.9 Å². The molecule has 0 spiro atoms. The monoisotopic (exact) mass is 329 g/mol. The van der Waals surface area contributed by atoms with Crippen LogP contribution in [-0.2, 0) is 4.74 Å². The number of rotatable bonds is 5. The molecule has 1 aromatic rings. The van der Waals surface area contributed by atoms with E-state index in [4.69, 9.17) is 4.74 Å². The maximum atomic E-state index is 14.0. The van der Waals surface area contributed by atoms with Crippen molar-refractivity contribution in [3.63, 3.8) is 0 Å². The molecule has 0 N–H and O–H groups in total. The fourth-order valence-corrected chi connectivity index (χ4v) is 2.89. The van der Waals surface area contributed by atoms with Gasteiger partial charge in [0.05, 0.1) is 29.3 Å². The summed E-state index contributed by atoms with van der Waals surface area (Å²) in [5.41, 5.74) is -0.835. The third-order valence-corrected chi connectivity index (χ3v) is 3.84. The molecule has 8 heteroatoms. The van der Waals surface area contributed by atoms with Crippen LogP contribution in [0.25, 0.3) is 0 Å². The molecule has 128 valence electrons. The van der Waals surface area contributed by atoms with Gasteiger partial charge in [0.15, 0.2) is 11.6 Å². The zero-order chi connectivity index (χ0) is 17.1. The molecule has 0 aliphatic carbocycles. The van der Waals surface area contributed by atoms with Gasteiger partial charge in [-0.25, -0.2) is 8.78 Å². The molecule has 1 aliphatic rings. The second kappa shape index (κ2) is 7.18. The highest BCUT2D eigenvalue weighted by molar-refractivity contribution is 5.53. The average Bonchev–Trinajstić information content (AvgIpc) is 2.43. The number of nitro groups is 1. The van der Waals surface area contributed by atoms with Crippen LogP contribution in [0.15, 0.2) is 12.1 Å². The maximum Gasteiger partial charge on any atom is 0.275 e. The summed E-state index contributed by atoms with van der Waals surface area (Å²) >= 11 is 0. The molecule has 1 aromatic carbocycles. The first-order chi connectivity index (χ1) is 10.8. The minimum absolute atomic E-state index is 0.122. The quantitative estimate of drug-likeness (QED) is 0.613. The van der Waals surface area contributed by atoms with Crippen LogP contribution in [0.4, 0.5) is 20.2 Å². The number of ether oxygens (including phenoxy) is 1. The van der Waals surface area contributed by atoms with Gasteiger partial charge in [-0.2, -0.15) is 0 Å². The summed E-state index contributed by atoms with van der Waals surface area (Å²) in [5, 5.41) is 10.6. The molecule has 1 aliphatic heterocycles. The number of halogens is 2. The molecule has 0 bridgehead atoms. The Morgan fingerprint density at radius 1 is 1.30 bits per heavy atom. The second-order valence-electron chi connectivity index (χ2n) is 5.95. The van der Waals surface area contributed by atoms with E-state index in [2.05, 4.69) is 4.90 Å². The van der Waals surface area contributed by atoms with Crippen molar-refractivity contribution in [1.82, 2.24) is 4.90 Å². The summed E-state index contributed by atoms with van der Waals surface area (Å²) < 4.78 is 33.6. The number of benzene rings is 1. The topological polar surface area (TPSA) is 58.9 Å². The van der Waals surface area contributed by atoms with Crippen molar-refractivity contribution in [1.29, 1.82) is 0 Å². The summed E-state index contributed by atoms with van der Waals surface area (Å²) in [6, 6.07) is 1.49. The second-order valence-corrected chi connectivity index (χ2v) is 5.95. The summed E-state index contributed by atoms with van der Waals surface area (Å²) in [4.78, 5) is 13.4. The van der Waals surface area contributed by atoms with Crippen molar-refractivity contribution in [2.45, 2.75) is 26.1 Å². The molecule has 6 nitrogen and oxygen atoms in total. The van der Waals surface area contributed by atoms with E-state index in [9.17, 15) is 18.9 Å². The molecule has 0 radical (unpaired) electrons. The van der Waals surface area contributed by atoms with Crippen LogP contribution in [0, 0.1) is 21.7 Å². The van der Waals surface area contributed by atoms with Gasteiger partial charge >= 0.3 is 0 Å². The molecule has 2 atom stereocenters. The summed E-state index contributed by atoms with van der Waals surface area (Å²) in [6.45, 7) is 6.55. The Morgan fingerprint density at radius 2 is 1.83 bits per heavy atom. The maximum absolute atomic E-state index is 14.0. The normalized spacial score (nSPS) is 22.1. The zero-order valence-electron chi connectivity index (χ0n) is 13.5. The predicted molar refractivity (Wildman–Crippen MR) is 82.7 cm³/mol. The van der Waals surface area contributed by atoms with E-state index in [0.717, 1.165) is 25.2 Å². The van der Waals surface area contributed by atoms with Crippen LogP contribution in [0.1, 0.15) is 13.8 Å². The first-order valence-electron chi connectivity index (χ1n) is 7.50. The number of morpholine rings is 1. The minimum atomic E-state index is -0.928. The van der Waals surface area contributed by atoms with Gasteiger partial charge in [0, 0.05) is 33.2 Å². The lowest BCUT2D eigenvalue weighted by molar-refractivity contribution is -0.385. The average molecular weight is 329 g/mol. The molecule has 23 heavy (non-hydrogen) atoms. The summed E-state index contributed by atoms with van der Waals surface area (Å²) in [7, 11) is 1.57. The van der Waals surface area contributed by atoms with Gasteiger partial charge in [-0.05, 0) is 13.8 Å². The number of nitro benzene ring substituents is 1. The van der Waals surface area contributed by atoms with E-state index >= 15 is 0 Å². The lowest BCUT2D eigenvalue weighted by Gasteiger charge is -2.36. The fraction of sp³-hybridized carbons (Fsp3) is 0.600. The molecule has 0 unspecified atom stereocenters. The van der Waals surface area contributed by atoms with E-state index in [1.165, 1.54) is 4.90 Å². The van der Waals surface area contributed by atoms with Gasteiger partial charge in [0.2, 0.25) is 0 Å². The van der Waals surface area contributed by atoms with Crippen molar-refractivity contribution in [2.24, 2.45) is 0 Å². The lowest BCUT2D eigenvalue weighted by atomic mass is 10.2. The van der Waals surface area contributed by atoms with E-state index in [1.807, 2.05) is 13.8 Å². The van der Waals surface area contributed by atoms with Crippen LogP contribution in [0.2, 0.25) is 0 Å². The first kappa shape index (κ1) is 17.6. The molecular weight excluding hydrogens is 308 g/mol. The van der Waals surface area contributed by atoms with Gasteiger partial charge < -0.3 is 9.64 Å². The Bertz CT molecular complexity index is 552. The van der Waals surface area contributed by atoms with Crippen LogP contribution >= 0.6 is 0 Å².